The van der Waals surface area contributed by atoms with Crippen LogP contribution >= 0.6 is 11.3 Å². The predicted octanol–water partition coefficient (Wildman–Crippen LogP) is 2.43. The standard InChI is InChI=1S/C17H21N3O3S/c1-10-5-4-6-13-15(10)18-17(24-13)19-16(22)12-7-14(21)20(8-12)11(2)9-23-3/h4-6,11-12H,7-9H2,1-3H3,(H,18,19,22)/t11-,12+/m0/s1. The topological polar surface area (TPSA) is 71.5 Å². The molecule has 1 aromatic heterocycles. The van der Waals surface area contributed by atoms with Crippen molar-refractivity contribution in [3.63, 3.8) is 0 Å². The molecule has 0 aliphatic carbocycles. The summed E-state index contributed by atoms with van der Waals surface area (Å²) in [6, 6.07) is 5.94. The molecule has 0 unspecified atom stereocenters. The van der Waals surface area contributed by atoms with Gasteiger partial charge in [-0.1, -0.05) is 23.5 Å². The van der Waals surface area contributed by atoms with Crippen LogP contribution in [-0.2, 0) is 14.3 Å². The Morgan fingerprint density at radius 1 is 1.54 bits per heavy atom. The number of carbonyl (C=O) groups is 2. The van der Waals surface area contributed by atoms with Gasteiger partial charge in [-0.2, -0.15) is 0 Å². The molecule has 1 saturated heterocycles. The number of likely N-dealkylation sites (tertiary alicyclic amines) is 1. The van der Waals surface area contributed by atoms with Gasteiger partial charge in [0.2, 0.25) is 11.8 Å². The first-order valence-corrected chi connectivity index (χ1v) is 8.76. The Kier molecular flexibility index (Phi) is 4.82. The summed E-state index contributed by atoms with van der Waals surface area (Å²) < 4.78 is 6.14. The van der Waals surface area contributed by atoms with Crippen LogP contribution in [0.2, 0.25) is 0 Å². The number of methoxy groups -OCH3 is 1. The molecule has 0 saturated carbocycles. The number of fused-ring (bicyclic) bond motifs is 1. The fourth-order valence-electron chi connectivity index (χ4n) is 3.01. The lowest BCUT2D eigenvalue weighted by Gasteiger charge is -2.23. The van der Waals surface area contributed by atoms with E-state index in [4.69, 9.17) is 4.74 Å². The predicted molar refractivity (Wildman–Crippen MR) is 94.1 cm³/mol. The number of aromatic nitrogens is 1. The van der Waals surface area contributed by atoms with Crippen molar-refractivity contribution >= 4 is 38.5 Å². The van der Waals surface area contributed by atoms with E-state index >= 15 is 0 Å². The molecule has 2 atom stereocenters. The van der Waals surface area contributed by atoms with Crippen LogP contribution in [0, 0.1) is 12.8 Å². The minimum Gasteiger partial charge on any atom is -0.383 e. The number of rotatable bonds is 5. The van der Waals surface area contributed by atoms with Gasteiger partial charge in [-0.3, -0.25) is 9.59 Å². The van der Waals surface area contributed by atoms with E-state index in [9.17, 15) is 9.59 Å². The number of carbonyl (C=O) groups excluding carboxylic acids is 2. The molecule has 1 aliphatic rings. The second-order valence-corrected chi connectivity index (χ2v) is 7.21. The van der Waals surface area contributed by atoms with Crippen molar-refractivity contribution < 1.29 is 14.3 Å². The smallest absolute Gasteiger partial charge is 0.231 e. The molecule has 6 nitrogen and oxygen atoms in total. The Balaban J connectivity index is 1.68. The Bertz CT molecular complexity index is 774. The van der Waals surface area contributed by atoms with Crippen molar-refractivity contribution in [1.82, 2.24) is 9.88 Å². The van der Waals surface area contributed by atoms with Gasteiger partial charge in [-0.15, -0.1) is 0 Å². The van der Waals surface area contributed by atoms with E-state index in [0.29, 0.717) is 18.3 Å². The minimum absolute atomic E-state index is 0.000144. The summed E-state index contributed by atoms with van der Waals surface area (Å²) in [6.45, 7) is 4.83. The van der Waals surface area contributed by atoms with Gasteiger partial charge in [-0.25, -0.2) is 4.98 Å². The van der Waals surface area contributed by atoms with Crippen LogP contribution in [0.1, 0.15) is 18.9 Å². The number of hydrogen-bond acceptors (Lipinski definition) is 5. The molecule has 1 aromatic carbocycles. The monoisotopic (exact) mass is 347 g/mol. The highest BCUT2D eigenvalue weighted by molar-refractivity contribution is 7.22. The molecule has 0 spiro atoms. The number of benzene rings is 1. The SMILES string of the molecule is COC[C@H](C)N1C[C@H](C(=O)Nc2nc3c(C)cccc3s2)CC1=O. The third-order valence-corrected chi connectivity index (χ3v) is 5.26. The number of anilines is 1. The quantitative estimate of drug-likeness (QED) is 0.902. The molecule has 3 rings (SSSR count). The zero-order chi connectivity index (χ0) is 17.3. The van der Waals surface area contributed by atoms with Gasteiger partial charge in [0.05, 0.1) is 28.8 Å². The van der Waals surface area contributed by atoms with Crippen LogP contribution in [-0.4, -0.2) is 48.0 Å². The van der Waals surface area contributed by atoms with Gasteiger partial charge in [0.25, 0.3) is 0 Å². The van der Waals surface area contributed by atoms with Crippen LogP contribution in [0.15, 0.2) is 18.2 Å². The number of hydrogen-bond donors (Lipinski definition) is 1. The average molecular weight is 347 g/mol. The van der Waals surface area contributed by atoms with Crippen LogP contribution in [0.3, 0.4) is 0 Å². The lowest BCUT2D eigenvalue weighted by Crippen LogP contribution is -2.38. The summed E-state index contributed by atoms with van der Waals surface area (Å²) in [4.78, 5) is 30.8. The van der Waals surface area contributed by atoms with Crippen LogP contribution in [0.25, 0.3) is 10.2 Å². The first-order chi connectivity index (χ1) is 11.5. The van der Waals surface area contributed by atoms with E-state index in [1.54, 1.807) is 12.0 Å². The molecular formula is C17H21N3O3S. The molecular weight excluding hydrogens is 326 g/mol. The molecule has 7 heteroatoms. The van der Waals surface area contributed by atoms with Crippen molar-refractivity contribution in [2.45, 2.75) is 26.3 Å². The normalized spacial score (nSPS) is 19.0. The molecule has 128 valence electrons. The minimum atomic E-state index is -0.343. The van der Waals surface area contributed by atoms with Gasteiger partial charge in [0.15, 0.2) is 5.13 Å². The maximum absolute atomic E-state index is 12.5. The van der Waals surface area contributed by atoms with E-state index in [0.717, 1.165) is 15.8 Å². The number of nitrogens with one attached hydrogen (secondary N) is 1. The fraction of sp³-hybridized carbons (Fsp3) is 0.471. The van der Waals surface area contributed by atoms with Crippen LogP contribution in [0.5, 0.6) is 0 Å². The number of amides is 2. The number of nitrogens with zero attached hydrogens (tertiary/aromatic N) is 2. The molecule has 1 N–H and O–H groups in total. The average Bonchev–Trinajstić information content (AvgIpc) is 3.11. The van der Waals surface area contributed by atoms with Crippen LogP contribution < -0.4 is 5.32 Å². The molecule has 1 aliphatic heterocycles. The molecule has 0 bridgehead atoms. The summed E-state index contributed by atoms with van der Waals surface area (Å²) in [5.41, 5.74) is 2.00. The van der Waals surface area contributed by atoms with E-state index in [2.05, 4.69) is 10.3 Å². The highest BCUT2D eigenvalue weighted by Crippen LogP contribution is 2.29. The molecule has 2 amide bonds. The number of thiazole rings is 1. The summed E-state index contributed by atoms with van der Waals surface area (Å²) in [5.74, 6) is -0.489. The Morgan fingerprint density at radius 3 is 3.04 bits per heavy atom. The highest BCUT2D eigenvalue weighted by Gasteiger charge is 2.36. The number of para-hydroxylation sites is 1. The molecule has 0 radical (unpaired) electrons. The Morgan fingerprint density at radius 2 is 2.33 bits per heavy atom. The van der Waals surface area contributed by atoms with Gasteiger partial charge in [0.1, 0.15) is 0 Å². The first-order valence-electron chi connectivity index (χ1n) is 7.95. The number of aryl methyl sites for hydroxylation is 1. The van der Waals surface area contributed by atoms with E-state index in [1.807, 2.05) is 32.0 Å². The highest BCUT2D eigenvalue weighted by atomic mass is 32.1. The van der Waals surface area contributed by atoms with Crippen molar-refractivity contribution in [2.75, 3.05) is 25.6 Å². The molecule has 24 heavy (non-hydrogen) atoms. The summed E-state index contributed by atoms with van der Waals surface area (Å²) >= 11 is 1.45. The van der Waals surface area contributed by atoms with Gasteiger partial charge in [0, 0.05) is 20.1 Å². The van der Waals surface area contributed by atoms with Crippen molar-refractivity contribution in [2.24, 2.45) is 5.92 Å². The summed E-state index contributed by atoms with van der Waals surface area (Å²) in [7, 11) is 1.61. The Labute approximate surface area is 144 Å². The van der Waals surface area contributed by atoms with E-state index < -0.39 is 0 Å². The van der Waals surface area contributed by atoms with Gasteiger partial charge < -0.3 is 15.0 Å². The van der Waals surface area contributed by atoms with Crippen LogP contribution in [0.4, 0.5) is 5.13 Å². The van der Waals surface area contributed by atoms with E-state index in [1.165, 1.54) is 11.3 Å². The zero-order valence-corrected chi connectivity index (χ0v) is 14.9. The lowest BCUT2D eigenvalue weighted by atomic mass is 10.1. The third kappa shape index (κ3) is 3.27. The van der Waals surface area contributed by atoms with Crippen molar-refractivity contribution in [3.8, 4) is 0 Å². The molecule has 2 aromatic rings. The summed E-state index contributed by atoms with van der Waals surface area (Å²) in [5, 5.41) is 3.45. The third-order valence-electron chi connectivity index (χ3n) is 4.32. The zero-order valence-electron chi connectivity index (χ0n) is 14.0. The lowest BCUT2D eigenvalue weighted by molar-refractivity contribution is -0.130. The Hall–Kier alpha value is -1.99. The second kappa shape index (κ2) is 6.86. The van der Waals surface area contributed by atoms with Gasteiger partial charge in [-0.05, 0) is 25.5 Å². The maximum atomic E-state index is 12.5. The van der Waals surface area contributed by atoms with E-state index in [-0.39, 0.29) is 30.2 Å². The molecule has 2 heterocycles. The largest absolute Gasteiger partial charge is 0.383 e. The second-order valence-electron chi connectivity index (χ2n) is 6.18. The van der Waals surface area contributed by atoms with Crippen molar-refractivity contribution in [1.29, 1.82) is 0 Å². The maximum Gasteiger partial charge on any atom is 0.231 e. The summed E-state index contributed by atoms with van der Waals surface area (Å²) in [6.07, 6.45) is 0.240. The first kappa shape index (κ1) is 16.9. The van der Waals surface area contributed by atoms with Gasteiger partial charge >= 0.3 is 0 Å². The number of ether oxygens (including phenoxy) is 1. The molecule has 1 fully saturated rings. The van der Waals surface area contributed by atoms with Crippen molar-refractivity contribution in [3.05, 3.63) is 23.8 Å². The fourth-order valence-corrected chi connectivity index (χ4v) is 3.96.